The van der Waals surface area contributed by atoms with Crippen LogP contribution in [0.25, 0.3) is 0 Å². The van der Waals surface area contributed by atoms with Gasteiger partial charge in [0, 0.05) is 26.2 Å². The van der Waals surface area contributed by atoms with Gasteiger partial charge in [0.1, 0.15) is 0 Å². The Morgan fingerprint density at radius 3 is 3.00 bits per heavy atom. The van der Waals surface area contributed by atoms with E-state index in [4.69, 9.17) is 9.84 Å². The van der Waals surface area contributed by atoms with Gasteiger partial charge >= 0.3 is 6.09 Å². The van der Waals surface area contributed by atoms with Crippen molar-refractivity contribution in [3.8, 4) is 0 Å². The van der Waals surface area contributed by atoms with Crippen LogP contribution in [-0.4, -0.2) is 66.4 Å². The number of hydrogen-bond donors (Lipinski definition) is 1. The first kappa shape index (κ1) is 8.77. The summed E-state index contributed by atoms with van der Waals surface area (Å²) < 4.78 is 5.31. The van der Waals surface area contributed by atoms with Gasteiger partial charge in [-0.15, -0.1) is 0 Å². The van der Waals surface area contributed by atoms with Crippen LogP contribution in [0.1, 0.15) is 0 Å². The summed E-state index contributed by atoms with van der Waals surface area (Å²) in [5.41, 5.74) is 0. The lowest BCUT2D eigenvalue weighted by molar-refractivity contribution is -0.0401. The van der Waals surface area contributed by atoms with Crippen LogP contribution in [0.2, 0.25) is 0 Å². The van der Waals surface area contributed by atoms with Crippen LogP contribution in [-0.2, 0) is 4.74 Å². The molecular formula is C8H14N2O3. The summed E-state index contributed by atoms with van der Waals surface area (Å²) in [6.45, 7) is 4.47. The molecule has 2 rings (SSSR count). The fourth-order valence-corrected chi connectivity index (χ4v) is 1.92. The van der Waals surface area contributed by atoms with Crippen molar-refractivity contribution in [1.29, 1.82) is 0 Å². The van der Waals surface area contributed by atoms with Crippen LogP contribution in [0, 0.1) is 0 Å². The molecule has 2 aliphatic heterocycles. The molecule has 13 heavy (non-hydrogen) atoms. The molecule has 1 amide bonds. The molecule has 1 atom stereocenters. The van der Waals surface area contributed by atoms with Crippen molar-refractivity contribution in [1.82, 2.24) is 9.80 Å². The second-order valence-electron chi connectivity index (χ2n) is 3.49. The van der Waals surface area contributed by atoms with Crippen LogP contribution in [0.15, 0.2) is 0 Å². The van der Waals surface area contributed by atoms with Gasteiger partial charge in [0.15, 0.2) is 0 Å². The lowest BCUT2D eigenvalue weighted by Crippen LogP contribution is -2.58. The standard InChI is InChI=1S/C8H14N2O3/c11-8(12)10-2-1-9-3-4-13-6-7(9)5-10/h7H,1-6H2,(H,11,12). The van der Waals surface area contributed by atoms with Gasteiger partial charge in [-0.3, -0.25) is 4.90 Å². The number of ether oxygens (including phenoxy) is 1. The van der Waals surface area contributed by atoms with E-state index in [0.717, 1.165) is 19.7 Å². The van der Waals surface area contributed by atoms with Crippen molar-refractivity contribution < 1.29 is 14.6 Å². The second kappa shape index (κ2) is 3.51. The van der Waals surface area contributed by atoms with E-state index < -0.39 is 6.09 Å². The zero-order chi connectivity index (χ0) is 9.26. The molecule has 0 aromatic heterocycles. The number of carboxylic acid groups (broad SMARTS) is 1. The first-order chi connectivity index (χ1) is 6.27. The van der Waals surface area contributed by atoms with Gasteiger partial charge in [0.05, 0.1) is 19.3 Å². The number of amides is 1. The Hall–Kier alpha value is -0.810. The molecule has 1 N–H and O–H groups in total. The fourth-order valence-electron chi connectivity index (χ4n) is 1.92. The highest BCUT2D eigenvalue weighted by Gasteiger charge is 2.31. The van der Waals surface area contributed by atoms with Gasteiger partial charge in [-0.1, -0.05) is 0 Å². The van der Waals surface area contributed by atoms with E-state index in [2.05, 4.69) is 4.90 Å². The Morgan fingerprint density at radius 1 is 1.38 bits per heavy atom. The quantitative estimate of drug-likeness (QED) is 0.563. The number of piperazine rings is 1. The maximum atomic E-state index is 10.7. The topological polar surface area (TPSA) is 53.0 Å². The van der Waals surface area contributed by atoms with E-state index in [1.165, 1.54) is 4.90 Å². The molecule has 2 heterocycles. The SMILES string of the molecule is O=C(O)N1CCN2CCOCC2C1. The molecule has 74 valence electrons. The van der Waals surface area contributed by atoms with Crippen LogP contribution < -0.4 is 0 Å². The average molecular weight is 186 g/mol. The predicted octanol–water partition coefficient (Wildman–Crippen LogP) is -0.319. The maximum Gasteiger partial charge on any atom is 0.407 e. The summed E-state index contributed by atoms with van der Waals surface area (Å²) in [6, 6.07) is 0.276. The molecule has 0 aromatic rings. The highest BCUT2D eigenvalue weighted by molar-refractivity contribution is 5.65. The van der Waals surface area contributed by atoms with E-state index in [1.54, 1.807) is 0 Å². The highest BCUT2D eigenvalue weighted by Crippen LogP contribution is 2.13. The molecule has 0 bridgehead atoms. The molecular weight excluding hydrogens is 172 g/mol. The lowest BCUT2D eigenvalue weighted by Gasteiger charge is -2.42. The van der Waals surface area contributed by atoms with Crippen LogP contribution in [0.3, 0.4) is 0 Å². The van der Waals surface area contributed by atoms with Gasteiger partial charge in [-0.05, 0) is 0 Å². The Kier molecular flexibility index (Phi) is 2.37. The van der Waals surface area contributed by atoms with E-state index >= 15 is 0 Å². The molecule has 5 nitrogen and oxygen atoms in total. The van der Waals surface area contributed by atoms with Crippen molar-refractivity contribution in [2.24, 2.45) is 0 Å². The van der Waals surface area contributed by atoms with Gasteiger partial charge in [-0.2, -0.15) is 0 Å². The van der Waals surface area contributed by atoms with Gasteiger partial charge in [0.25, 0.3) is 0 Å². The normalized spacial score (nSPS) is 29.8. The van der Waals surface area contributed by atoms with Crippen molar-refractivity contribution >= 4 is 6.09 Å². The van der Waals surface area contributed by atoms with E-state index in [9.17, 15) is 4.79 Å². The van der Waals surface area contributed by atoms with Crippen LogP contribution >= 0.6 is 0 Å². The Balaban J connectivity index is 1.95. The molecule has 5 heteroatoms. The largest absolute Gasteiger partial charge is 0.465 e. The molecule has 2 saturated heterocycles. The molecule has 2 aliphatic rings. The molecule has 0 saturated carbocycles. The number of carbonyl (C=O) groups is 1. The van der Waals surface area contributed by atoms with Gasteiger partial charge < -0.3 is 14.7 Å². The number of morpholine rings is 1. The third-order valence-electron chi connectivity index (χ3n) is 2.71. The second-order valence-corrected chi connectivity index (χ2v) is 3.49. The van der Waals surface area contributed by atoms with Crippen molar-refractivity contribution in [3.05, 3.63) is 0 Å². The molecule has 0 aromatic carbocycles. The summed E-state index contributed by atoms with van der Waals surface area (Å²) in [4.78, 5) is 14.5. The monoisotopic (exact) mass is 186 g/mol. The molecule has 1 unspecified atom stereocenters. The highest BCUT2D eigenvalue weighted by atomic mass is 16.5. The third kappa shape index (κ3) is 1.76. The third-order valence-corrected chi connectivity index (χ3v) is 2.71. The minimum atomic E-state index is -0.815. The average Bonchev–Trinajstić information content (AvgIpc) is 2.17. The van der Waals surface area contributed by atoms with Gasteiger partial charge in [0.2, 0.25) is 0 Å². The Bertz CT molecular complexity index is 210. The number of rotatable bonds is 0. The van der Waals surface area contributed by atoms with E-state index in [-0.39, 0.29) is 6.04 Å². The van der Waals surface area contributed by atoms with Gasteiger partial charge in [-0.25, -0.2) is 4.79 Å². The van der Waals surface area contributed by atoms with Crippen molar-refractivity contribution in [2.75, 3.05) is 39.4 Å². The van der Waals surface area contributed by atoms with E-state index in [0.29, 0.717) is 19.7 Å². The van der Waals surface area contributed by atoms with E-state index in [1.807, 2.05) is 0 Å². The van der Waals surface area contributed by atoms with Crippen LogP contribution in [0.4, 0.5) is 4.79 Å². The van der Waals surface area contributed by atoms with Crippen molar-refractivity contribution in [2.45, 2.75) is 6.04 Å². The molecule has 2 fully saturated rings. The molecule has 0 aliphatic carbocycles. The maximum absolute atomic E-state index is 10.7. The van der Waals surface area contributed by atoms with Crippen LogP contribution in [0.5, 0.6) is 0 Å². The summed E-state index contributed by atoms with van der Waals surface area (Å²) in [7, 11) is 0. The first-order valence-corrected chi connectivity index (χ1v) is 4.57. The summed E-state index contributed by atoms with van der Waals surface area (Å²) in [5, 5.41) is 8.80. The number of nitrogens with zero attached hydrogens (tertiary/aromatic N) is 2. The number of fused-ring (bicyclic) bond motifs is 1. The Labute approximate surface area is 76.9 Å². The minimum Gasteiger partial charge on any atom is -0.465 e. The zero-order valence-corrected chi connectivity index (χ0v) is 7.48. The summed E-state index contributed by atoms with van der Waals surface area (Å²) in [6.07, 6.45) is -0.815. The summed E-state index contributed by atoms with van der Waals surface area (Å²) in [5.74, 6) is 0. The predicted molar refractivity (Wildman–Crippen MR) is 45.8 cm³/mol. The minimum absolute atomic E-state index is 0.276. The smallest absolute Gasteiger partial charge is 0.407 e. The summed E-state index contributed by atoms with van der Waals surface area (Å²) >= 11 is 0. The number of hydrogen-bond acceptors (Lipinski definition) is 3. The molecule has 0 spiro atoms. The van der Waals surface area contributed by atoms with Crippen molar-refractivity contribution in [3.63, 3.8) is 0 Å². The Morgan fingerprint density at radius 2 is 2.23 bits per heavy atom. The lowest BCUT2D eigenvalue weighted by atomic mass is 10.1. The fraction of sp³-hybridized carbons (Fsp3) is 0.875. The molecule has 0 radical (unpaired) electrons. The first-order valence-electron chi connectivity index (χ1n) is 4.57. The zero-order valence-electron chi connectivity index (χ0n) is 7.48.